The number of amides is 1. The van der Waals surface area contributed by atoms with Crippen LogP contribution in [0.3, 0.4) is 0 Å². The molecule has 1 amide bonds. The summed E-state index contributed by atoms with van der Waals surface area (Å²) in [5.74, 6) is 11.0. The molecule has 0 radical (unpaired) electrons. The van der Waals surface area contributed by atoms with Gasteiger partial charge in [-0.05, 0) is 37.3 Å². The van der Waals surface area contributed by atoms with E-state index in [2.05, 4.69) is 15.4 Å². The van der Waals surface area contributed by atoms with E-state index in [0.717, 1.165) is 7.11 Å². The van der Waals surface area contributed by atoms with Crippen molar-refractivity contribution in [3.63, 3.8) is 0 Å². The number of aliphatic hydroxyl groups excluding tert-OH is 1. The second-order valence-corrected chi connectivity index (χ2v) is 6.06. The van der Waals surface area contributed by atoms with Crippen LogP contribution in [0.1, 0.15) is 6.92 Å². The monoisotopic (exact) mass is 405 g/mol. The maximum Gasteiger partial charge on any atom is 0.414 e. The first kappa shape index (κ1) is 22.0. The molecule has 1 aliphatic heterocycles. The van der Waals surface area contributed by atoms with Gasteiger partial charge in [0.1, 0.15) is 11.9 Å². The van der Waals surface area contributed by atoms with Gasteiger partial charge in [0.25, 0.3) is 0 Å². The van der Waals surface area contributed by atoms with Crippen LogP contribution in [-0.2, 0) is 4.74 Å². The number of halogens is 1. The number of hydrogen-bond acceptors (Lipinski definition) is 7. The number of carbonyl (C=O) groups excluding carboxylic acids is 1. The molecule has 10 nitrogen and oxygen atoms in total. The topological polar surface area (TPSA) is 142 Å². The number of rotatable bonds is 3. The first-order valence-corrected chi connectivity index (χ1v) is 8.61. The highest BCUT2D eigenvalue weighted by atomic mass is 19.1. The number of hydrogen-bond donors (Lipinski definition) is 4. The molecule has 0 aliphatic carbocycles. The van der Waals surface area contributed by atoms with Gasteiger partial charge in [-0.15, -0.1) is 0 Å². The van der Waals surface area contributed by atoms with E-state index in [4.69, 9.17) is 21.5 Å². The van der Waals surface area contributed by atoms with Crippen LogP contribution >= 0.6 is 0 Å². The summed E-state index contributed by atoms with van der Waals surface area (Å²) in [7, 11) is 2.57. The lowest BCUT2D eigenvalue weighted by atomic mass is 10.1. The first-order valence-electron chi connectivity index (χ1n) is 8.61. The number of aliphatic hydroxyl groups is 1. The Morgan fingerprint density at radius 1 is 1.41 bits per heavy atom. The molecule has 3 rings (SSSR count). The van der Waals surface area contributed by atoms with Crippen molar-refractivity contribution >= 4 is 23.6 Å². The zero-order chi connectivity index (χ0) is 21.6. The first-order chi connectivity index (χ1) is 13.9. The highest BCUT2D eigenvalue weighted by molar-refractivity contribution is 5.90. The fraction of sp³-hybridized carbons (Fsp3) is 0.278. The second-order valence-electron chi connectivity index (χ2n) is 6.06. The molecule has 2 aromatic rings. The van der Waals surface area contributed by atoms with Crippen molar-refractivity contribution in [3.05, 3.63) is 42.3 Å². The molecule has 1 atom stereocenters. The minimum Gasteiger partial charge on any atom is -0.444 e. The number of anilines is 1. The highest BCUT2D eigenvalue weighted by Crippen LogP contribution is 2.29. The molecule has 0 saturated carbocycles. The van der Waals surface area contributed by atoms with E-state index in [9.17, 15) is 9.18 Å². The normalized spacial score (nSPS) is 16.1. The van der Waals surface area contributed by atoms with Crippen LogP contribution in [0.2, 0.25) is 0 Å². The number of ether oxygens (including phenoxy) is 1. The van der Waals surface area contributed by atoms with Gasteiger partial charge in [-0.1, -0.05) is 0 Å². The van der Waals surface area contributed by atoms with E-state index < -0.39 is 11.9 Å². The summed E-state index contributed by atoms with van der Waals surface area (Å²) < 4.78 is 19.7. The molecule has 1 aromatic heterocycles. The van der Waals surface area contributed by atoms with Crippen molar-refractivity contribution in [3.8, 4) is 11.1 Å². The van der Waals surface area contributed by atoms with Gasteiger partial charge in [0.2, 0.25) is 5.96 Å². The fourth-order valence-electron chi connectivity index (χ4n) is 2.65. The molecule has 6 N–H and O–H groups in total. The molecule has 0 unspecified atom stereocenters. The predicted molar refractivity (Wildman–Crippen MR) is 107 cm³/mol. The summed E-state index contributed by atoms with van der Waals surface area (Å²) in [6, 6.07) is 7.87. The third kappa shape index (κ3) is 5.16. The molecular formula is C18H24FN7O3. The Balaban J connectivity index is 0.00000145. The standard InChI is InChI=1S/C17H20FN7O2.CH4O/c1-10-9-25(17(26)27-10)12-4-5-13(14(18)7-12)11-3-6-15(21-8-11)22-16(23-19)24(2)20;1-2/h3-8,10H,9,19-20H2,1-2H3,(H,21,22,23);2H,1H3/t10-;/m0./s1. The maximum absolute atomic E-state index is 14.6. The van der Waals surface area contributed by atoms with Crippen LogP contribution in [0.15, 0.2) is 41.5 Å². The Bertz CT molecular complexity index is 874. The van der Waals surface area contributed by atoms with Gasteiger partial charge in [-0.2, -0.15) is 4.99 Å². The molecule has 1 aromatic carbocycles. The van der Waals surface area contributed by atoms with Gasteiger partial charge in [-0.3, -0.25) is 15.3 Å². The van der Waals surface area contributed by atoms with Crippen molar-refractivity contribution < 1.29 is 19.0 Å². The summed E-state index contributed by atoms with van der Waals surface area (Å²) in [6.07, 6.45) is 0.791. The van der Waals surface area contributed by atoms with Crippen molar-refractivity contribution in [2.75, 3.05) is 25.6 Å². The molecule has 0 bridgehead atoms. The third-order valence-electron chi connectivity index (χ3n) is 3.97. The Hall–Kier alpha value is -3.28. The quantitative estimate of drug-likeness (QED) is 0.257. The predicted octanol–water partition coefficient (Wildman–Crippen LogP) is 1.10. The Morgan fingerprint density at radius 3 is 2.62 bits per heavy atom. The number of nitrogens with one attached hydrogen (secondary N) is 1. The van der Waals surface area contributed by atoms with Crippen LogP contribution < -0.4 is 22.0 Å². The number of aromatic nitrogens is 1. The Morgan fingerprint density at radius 2 is 2.14 bits per heavy atom. The fourth-order valence-corrected chi connectivity index (χ4v) is 2.65. The van der Waals surface area contributed by atoms with E-state index in [1.807, 2.05) is 0 Å². The van der Waals surface area contributed by atoms with Crippen LogP contribution in [0.5, 0.6) is 0 Å². The van der Waals surface area contributed by atoms with Crippen LogP contribution in [-0.4, -0.2) is 54.0 Å². The van der Waals surface area contributed by atoms with Crippen LogP contribution in [0.4, 0.5) is 20.7 Å². The SMILES string of the molecule is CO.C[C@H]1CN(c2ccc(-c3ccc(N=C(NN)N(C)N)nc3)c(F)c2)C(=O)O1. The molecule has 29 heavy (non-hydrogen) atoms. The number of hydrazine groups is 2. The van der Waals surface area contributed by atoms with Crippen molar-refractivity contribution in [2.45, 2.75) is 13.0 Å². The van der Waals surface area contributed by atoms with Gasteiger partial charge in [0.05, 0.1) is 12.2 Å². The number of nitrogens with two attached hydrogens (primary N) is 2. The summed E-state index contributed by atoms with van der Waals surface area (Å²) >= 11 is 0. The number of aliphatic imine (C=N–C) groups is 1. The molecule has 156 valence electrons. The van der Waals surface area contributed by atoms with Gasteiger partial charge in [-0.25, -0.2) is 25.9 Å². The Kier molecular flexibility index (Phi) is 7.42. The van der Waals surface area contributed by atoms with E-state index in [0.29, 0.717) is 29.2 Å². The highest BCUT2D eigenvalue weighted by Gasteiger charge is 2.29. The lowest BCUT2D eigenvalue weighted by molar-refractivity contribution is 0.150. The molecule has 11 heteroatoms. The largest absolute Gasteiger partial charge is 0.444 e. The molecular weight excluding hydrogens is 381 g/mol. The minimum atomic E-state index is -0.479. The van der Waals surface area contributed by atoms with Crippen molar-refractivity contribution in [1.29, 1.82) is 0 Å². The number of nitrogens with zero attached hydrogens (tertiary/aromatic N) is 4. The lowest BCUT2D eigenvalue weighted by Gasteiger charge is -2.14. The summed E-state index contributed by atoms with van der Waals surface area (Å²) in [5.41, 5.74) is 3.73. The second kappa shape index (κ2) is 9.78. The average Bonchev–Trinajstić information content (AvgIpc) is 3.06. The number of cyclic esters (lactones) is 1. The van der Waals surface area contributed by atoms with E-state index in [1.54, 1.807) is 38.2 Å². The van der Waals surface area contributed by atoms with Crippen LogP contribution in [0, 0.1) is 5.82 Å². The van der Waals surface area contributed by atoms with Crippen molar-refractivity contribution in [2.24, 2.45) is 16.7 Å². The molecule has 2 heterocycles. The Labute approximate surface area is 167 Å². The molecule has 1 fully saturated rings. The minimum absolute atomic E-state index is 0.220. The number of carbonyl (C=O) groups is 1. The zero-order valence-electron chi connectivity index (χ0n) is 16.3. The smallest absolute Gasteiger partial charge is 0.414 e. The van der Waals surface area contributed by atoms with E-state index >= 15 is 0 Å². The van der Waals surface area contributed by atoms with E-state index in [1.165, 1.54) is 22.2 Å². The molecule has 1 aliphatic rings. The van der Waals surface area contributed by atoms with Crippen LogP contribution in [0.25, 0.3) is 11.1 Å². The van der Waals surface area contributed by atoms with Crippen molar-refractivity contribution in [1.82, 2.24) is 15.4 Å². The average molecular weight is 405 g/mol. The number of benzene rings is 1. The number of pyridine rings is 1. The summed E-state index contributed by atoms with van der Waals surface area (Å²) in [5, 5.41) is 8.21. The van der Waals surface area contributed by atoms with Gasteiger partial charge in [0.15, 0.2) is 5.82 Å². The van der Waals surface area contributed by atoms with Gasteiger partial charge < -0.3 is 9.84 Å². The van der Waals surface area contributed by atoms with Gasteiger partial charge >= 0.3 is 6.09 Å². The zero-order valence-corrected chi connectivity index (χ0v) is 16.3. The number of guanidine groups is 1. The summed E-state index contributed by atoms with van der Waals surface area (Å²) in [6.45, 7) is 2.17. The van der Waals surface area contributed by atoms with Gasteiger partial charge in [0, 0.05) is 31.5 Å². The summed E-state index contributed by atoms with van der Waals surface area (Å²) in [4.78, 5) is 21.5. The molecule has 1 saturated heterocycles. The van der Waals surface area contributed by atoms with E-state index in [-0.39, 0.29) is 12.1 Å². The maximum atomic E-state index is 14.6. The lowest BCUT2D eigenvalue weighted by Crippen LogP contribution is -2.46. The molecule has 0 spiro atoms. The third-order valence-corrected chi connectivity index (χ3v) is 3.97.